The Hall–Kier alpha value is -1.91. The fraction of sp³-hybridized carbons (Fsp3) is 0.500. The van der Waals surface area contributed by atoms with E-state index in [0.717, 1.165) is 24.0 Å². The Labute approximate surface area is 111 Å². The molecule has 2 aliphatic rings. The SMILES string of the molecule is O=C(On1c(O)ccc1O)C1C2C=CCCCCC21. The van der Waals surface area contributed by atoms with Crippen LogP contribution >= 0.6 is 0 Å². The van der Waals surface area contributed by atoms with Crippen LogP contribution in [0.1, 0.15) is 25.7 Å². The maximum Gasteiger partial charge on any atom is 0.337 e. The van der Waals surface area contributed by atoms with Gasteiger partial charge in [0, 0.05) is 12.1 Å². The van der Waals surface area contributed by atoms with Gasteiger partial charge in [-0.15, -0.1) is 4.73 Å². The van der Waals surface area contributed by atoms with Crippen LogP contribution in [-0.2, 0) is 4.79 Å². The van der Waals surface area contributed by atoms with Crippen LogP contribution in [-0.4, -0.2) is 20.9 Å². The Morgan fingerprint density at radius 3 is 2.74 bits per heavy atom. The van der Waals surface area contributed by atoms with Crippen LogP contribution in [0.25, 0.3) is 0 Å². The van der Waals surface area contributed by atoms with Crippen molar-refractivity contribution >= 4 is 5.97 Å². The third-order valence-electron chi connectivity index (χ3n) is 4.00. The van der Waals surface area contributed by atoms with Gasteiger partial charge in [-0.2, -0.15) is 0 Å². The van der Waals surface area contributed by atoms with Crippen LogP contribution in [0.15, 0.2) is 24.3 Å². The van der Waals surface area contributed by atoms with Gasteiger partial charge in [0.15, 0.2) is 0 Å². The van der Waals surface area contributed by atoms with Crippen LogP contribution in [0, 0.1) is 17.8 Å². The van der Waals surface area contributed by atoms with E-state index >= 15 is 0 Å². The monoisotopic (exact) mass is 263 g/mol. The molecule has 0 aromatic carbocycles. The molecule has 5 heteroatoms. The minimum absolute atomic E-state index is 0.143. The van der Waals surface area contributed by atoms with Crippen LogP contribution < -0.4 is 4.84 Å². The summed E-state index contributed by atoms with van der Waals surface area (Å²) in [5.74, 6) is -0.477. The van der Waals surface area contributed by atoms with Crippen LogP contribution in [0.5, 0.6) is 11.8 Å². The predicted molar refractivity (Wildman–Crippen MR) is 67.4 cm³/mol. The number of carbonyl (C=O) groups is 1. The molecule has 1 saturated carbocycles. The van der Waals surface area contributed by atoms with Gasteiger partial charge in [-0.1, -0.05) is 18.6 Å². The molecule has 1 fully saturated rings. The largest absolute Gasteiger partial charge is 0.492 e. The van der Waals surface area contributed by atoms with Crippen molar-refractivity contribution in [3.05, 3.63) is 24.3 Å². The van der Waals surface area contributed by atoms with Crippen LogP contribution in [0.3, 0.4) is 0 Å². The molecule has 19 heavy (non-hydrogen) atoms. The lowest BCUT2D eigenvalue weighted by Crippen LogP contribution is -2.21. The second-order valence-electron chi connectivity index (χ2n) is 5.23. The quantitative estimate of drug-likeness (QED) is 0.799. The summed E-state index contributed by atoms with van der Waals surface area (Å²) in [6, 6.07) is 2.55. The molecule has 3 atom stereocenters. The van der Waals surface area contributed by atoms with Crippen LogP contribution in [0.2, 0.25) is 0 Å². The normalized spacial score (nSPS) is 29.2. The first-order chi connectivity index (χ1) is 9.18. The van der Waals surface area contributed by atoms with Gasteiger partial charge in [0.25, 0.3) is 0 Å². The Balaban J connectivity index is 1.69. The van der Waals surface area contributed by atoms with E-state index in [0.29, 0.717) is 5.92 Å². The number of rotatable bonds is 2. The Bertz CT molecular complexity index is 500. The zero-order valence-corrected chi connectivity index (χ0v) is 10.5. The molecule has 3 unspecified atom stereocenters. The van der Waals surface area contributed by atoms with E-state index in [1.807, 2.05) is 0 Å². The highest BCUT2D eigenvalue weighted by molar-refractivity contribution is 5.77. The maximum absolute atomic E-state index is 12.1. The molecule has 5 nitrogen and oxygen atoms in total. The van der Waals surface area contributed by atoms with Gasteiger partial charge < -0.3 is 15.1 Å². The van der Waals surface area contributed by atoms with Crippen molar-refractivity contribution in [2.24, 2.45) is 17.8 Å². The summed E-state index contributed by atoms with van der Waals surface area (Å²) in [4.78, 5) is 17.1. The molecule has 0 aliphatic heterocycles. The zero-order chi connectivity index (χ0) is 13.4. The van der Waals surface area contributed by atoms with E-state index in [2.05, 4.69) is 12.2 Å². The third kappa shape index (κ3) is 2.20. The Kier molecular flexibility index (Phi) is 2.97. The highest BCUT2D eigenvalue weighted by Crippen LogP contribution is 2.51. The Morgan fingerprint density at radius 2 is 2.00 bits per heavy atom. The van der Waals surface area contributed by atoms with Crippen molar-refractivity contribution in [3.8, 4) is 11.8 Å². The molecule has 0 radical (unpaired) electrons. The van der Waals surface area contributed by atoms with Crippen molar-refractivity contribution in [2.45, 2.75) is 25.7 Å². The number of fused-ring (bicyclic) bond motifs is 1. The van der Waals surface area contributed by atoms with Gasteiger partial charge in [-0.25, -0.2) is 4.79 Å². The van der Waals surface area contributed by atoms with Gasteiger partial charge in [0.2, 0.25) is 11.8 Å². The molecule has 1 aromatic heterocycles. The Morgan fingerprint density at radius 1 is 1.26 bits per heavy atom. The molecule has 2 N–H and O–H groups in total. The number of hydrogen-bond donors (Lipinski definition) is 2. The molecule has 2 aliphatic carbocycles. The summed E-state index contributed by atoms with van der Waals surface area (Å²) in [7, 11) is 0. The van der Waals surface area contributed by atoms with E-state index in [9.17, 15) is 15.0 Å². The molecule has 102 valence electrons. The molecule has 0 amide bonds. The standard InChI is InChI=1S/C14H17NO4/c16-11-7-8-12(17)15(11)19-14(18)13-9-5-3-1-2-4-6-10(9)13/h3,5,7-10,13,16-17H,1-2,4,6H2. The van der Waals surface area contributed by atoms with Crippen molar-refractivity contribution in [2.75, 3.05) is 0 Å². The van der Waals surface area contributed by atoms with Gasteiger partial charge in [-0.3, -0.25) is 0 Å². The number of allylic oxidation sites excluding steroid dienone is 2. The van der Waals surface area contributed by atoms with E-state index in [4.69, 9.17) is 4.84 Å². The van der Waals surface area contributed by atoms with Crippen molar-refractivity contribution in [1.82, 2.24) is 4.73 Å². The molecule has 0 spiro atoms. The highest BCUT2D eigenvalue weighted by atomic mass is 16.7. The van der Waals surface area contributed by atoms with Crippen LogP contribution in [0.4, 0.5) is 0 Å². The first-order valence-electron chi connectivity index (χ1n) is 6.67. The van der Waals surface area contributed by atoms with Crippen molar-refractivity contribution in [3.63, 3.8) is 0 Å². The fourth-order valence-electron chi connectivity index (χ4n) is 2.91. The summed E-state index contributed by atoms with van der Waals surface area (Å²) >= 11 is 0. The first-order valence-corrected chi connectivity index (χ1v) is 6.67. The summed E-state index contributed by atoms with van der Waals surface area (Å²) in [5.41, 5.74) is 0. The van der Waals surface area contributed by atoms with Gasteiger partial charge in [0.05, 0.1) is 5.92 Å². The molecular formula is C14H17NO4. The lowest BCUT2D eigenvalue weighted by atomic mass is 10.1. The number of aromatic hydroxyl groups is 2. The van der Waals surface area contributed by atoms with Crippen molar-refractivity contribution in [1.29, 1.82) is 0 Å². The maximum atomic E-state index is 12.1. The zero-order valence-electron chi connectivity index (χ0n) is 10.5. The molecule has 0 saturated heterocycles. The minimum Gasteiger partial charge on any atom is -0.492 e. The first kappa shape index (κ1) is 12.1. The number of nitrogens with zero attached hydrogens (tertiary/aromatic N) is 1. The second kappa shape index (κ2) is 4.64. The number of carbonyl (C=O) groups excluding carboxylic acids is 1. The summed E-state index contributed by atoms with van der Waals surface area (Å²) in [6.07, 6.45) is 8.65. The number of aromatic nitrogens is 1. The molecule has 1 heterocycles. The topological polar surface area (TPSA) is 71.7 Å². The third-order valence-corrected chi connectivity index (χ3v) is 4.00. The minimum atomic E-state index is -0.386. The lowest BCUT2D eigenvalue weighted by Gasteiger charge is -2.06. The van der Waals surface area contributed by atoms with Crippen molar-refractivity contribution < 1.29 is 19.8 Å². The van der Waals surface area contributed by atoms with Gasteiger partial charge in [-0.05, 0) is 31.1 Å². The average Bonchev–Trinajstić information content (AvgIpc) is 2.94. The fourth-order valence-corrected chi connectivity index (χ4v) is 2.91. The lowest BCUT2D eigenvalue weighted by molar-refractivity contribution is -0.147. The van der Waals surface area contributed by atoms with Gasteiger partial charge in [0.1, 0.15) is 0 Å². The summed E-state index contributed by atoms with van der Waals surface area (Å²) < 4.78 is 0.762. The summed E-state index contributed by atoms with van der Waals surface area (Å²) in [5, 5.41) is 18.9. The predicted octanol–water partition coefficient (Wildman–Crippen LogP) is 1.85. The molecule has 1 aromatic rings. The second-order valence-corrected chi connectivity index (χ2v) is 5.23. The highest BCUT2D eigenvalue weighted by Gasteiger charge is 2.54. The van der Waals surface area contributed by atoms with E-state index in [-0.39, 0.29) is 29.6 Å². The average molecular weight is 263 g/mol. The number of hydrogen-bond acceptors (Lipinski definition) is 4. The van der Waals surface area contributed by atoms with Gasteiger partial charge >= 0.3 is 5.97 Å². The molecular weight excluding hydrogens is 246 g/mol. The van der Waals surface area contributed by atoms with E-state index in [1.165, 1.54) is 18.6 Å². The molecule has 0 bridgehead atoms. The molecule has 3 rings (SSSR count). The smallest absolute Gasteiger partial charge is 0.337 e. The van der Waals surface area contributed by atoms with E-state index in [1.54, 1.807) is 0 Å². The summed E-state index contributed by atoms with van der Waals surface area (Å²) in [6.45, 7) is 0. The van der Waals surface area contributed by atoms with E-state index < -0.39 is 0 Å².